The molecule has 0 aliphatic carbocycles. The van der Waals surface area contributed by atoms with Crippen molar-refractivity contribution in [2.75, 3.05) is 31.6 Å². The lowest BCUT2D eigenvalue weighted by Crippen LogP contribution is -2.43. The highest BCUT2D eigenvalue weighted by atomic mass is 32.1. The Morgan fingerprint density at radius 2 is 2.13 bits per heavy atom. The van der Waals surface area contributed by atoms with Crippen LogP contribution in [0.1, 0.15) is 62.8 Å². The first kappa shape index (κ1) is 27.1. The zero-order valence-corrected chi connectivity index (χ0v) is 23.3. The van der Waals surface area contributed by atoms with Crippen molar-refractivity contribution in [1.29, 1.82) is 0 Å². The van der Waals surface area contributed by atoms with Crippen LogP contribution in [0.2, 0.25) is 0 Å². The normalized spacial score (nSPS) is 22.1. The first-order valence-corrected chi connectivity index (χ1v) is 14.2. The molecule has 0 saturated carbocycles. The van der Waals surface area contributed by atoms with E-state index in [1.807, 2.05) is 0 Å². The number of hydrogen-bond donors (Lipinski definition) is 1. The summed E-state index contributed by atoms with van der Waals surface area (Å²) in [5.41, 5.74) is 0.948. The van der Waals surface area contributed by atoms with Crippen molar-refractivity contribution < 1.29 is 18.3 Å². The summed E-state index contributed by atoms with van der Waals surface area (Å²) in [7, 11) is 0. The lowest BCUT2D eigenvalue weighted by atomic mass is 9.87. The number of ether oxygens (including phenoxy) is 2. The Bertz CT molecular complexity index is 1320. The molecule has 6 nitrogen and oxygen atoms in total. The van der Waals surface area contributed by atoms with E-state index in [2.05, 4.69) is 40.1 Å². The van der Waals surface area contributed by atoms with Crippen LogP contribution in [0.3, 0.4) is 0 Å². The van der Waals surface area contributed by atoms with Gasteiger partial charge in [-0.15, -0.1) is 11.3 Å². The quantitative estimate of drug-likeness (QED) is 0.300. The Labute approximate surface area is 227 Å². The molecule has 2 atom stereocenters. The Hall–Kier alpha value is -2.46. The summed E-state index contributed by atoms with van der Waals surface area (Å²) in [5.74, 6) is -1.03. The van der Waals surface area contributed by atoms with Crippen LogP contribution in [0.4, 0.5) is 25.8 Å². The van der Waals surface area contributed by atoms with Gasteiger partial charge in [-0.1, -0.05) is 0 Å². The Morgan fingerprint density at radius 3 is 2.89 bits per heavy atom. The van der Waals surface area contributed by atoms with Crippen LogP contribution in [0.15, 0.2) is 29.4 Å². The smallest absolute Gasteiger partial charge is 0.175 e. The largest absolute Gasteiger partial charge is 0.353 e. The molecule has 2 aliphatic rings. The zero-order chi connectivity index (χ0) is 26.9. The van der Waals surface area contributed by atoms with Gasteiger partial charge in [0.1, 0.15) is 22.0 Å². The number of thiophene rings is 1. The number of nitrogens with one attached hydrogen (secondary N) is 1. The monoisotopic (exact) mass is 542 g/mol. The second-order valence-electron chi connectivity index (χ2n) is 10.6. The molecule has 2 aromatic heterocycles. The molecule has 3 aromatic rings. The molecule has 0 radical (unpaired) electrons. The van der Waals surface area contributed by atoms with E-state index in [0.29, 0.717) is 23.8 Å². The lowest BCUT2D eigenvalue weighted by molar-refractivity contribution is -0.165. The SMILES string of the molecule is CC=Nc1c(C)cc(F)c(Nc2ccnc3sc(C4CCN(CCOC5CCCCO5)C4(C)C)cc23)c1F. The Balaban J connectivity index is 1.35. The van der Waals surface area contributed by atoms with E-state index in [1.165, 1.54) is 17.2 Å². The van der Waals surface area contributed by atoms with Gasteiger partial charge in [0, 0.05) is 47.3 Å². The van der Waals surface area contributed by atoms with Crippen LogP contribution in [-0.2, 0) is 9.47 Å². The van der Waals surface area contributed by atoms with Gasteiger partial charge in [-0.3, -0.25) is 9.89 Å². The second kappa shape index (κ2) is 11.3. The number of nitrogens with zero attached hydrogens (tertiary/aromatic N) is 3. The van der Waals surface area contributed by atoms with Gasteiger partial charge in [0.25, 0.3) is 0 Å². The van der Waals surface area contributed by atoms with Crippen LogP contribution in [-0.4, -0.2) is 54.2 Å². The zero-order valence-electron chi connectivity index (χ0n) is 22.5. The van der Waals surface area contributed by atoms with E-state index in [9.17, 15) is 4.39 Å². The fourth-order valence-electron chi connectivity index (χ4n) is 5.68. The second-order valence-corrected chi connectivity index (χ2v) is 11.7. The molecular formula is C29H36F2N4O2S. The van der Waals surface area contributed by atoms with Gasteiger partial charge < -0.3 is 14.8 Å². The van der Waals surface area contributed by atoms with Crippen molar-refractivity contribution in [1.82, 2.24) is 9.88 Å². The Kier molecular flexibility index (Phi) is 8.09. The van der Waals surface area contributed by atoms with Crippen molar-refractivity contribution in [3.63, 3.8) is 0 Å². The number of hydrogen-bond acceptors (Lipinski definition) is 7. The van der Waals surface area contributed by atoms with Crippen molar-refractivity contribution >= 4 is 44.8 Å². The molecule has 9 heteroatoms. The summed E-state index contributed by atoms with van der Waals surface area (Å²) in [5, 5.41) is 3.87. The van der Waals surface area contributed by atoms with E-state index < -0.39 is 11.6 Å². The average molecular weight is 543 g/mol. The number of rotatable bonds is 8. The van der Waals surface area contributed by atoms with E-state index in [1.54, 1.807) is 37.4 Å². The van der Waals surface area contributed by atoms with Crippen LogP contribution in [0.25, 0.3) is 10.2 Å². The highest BCUT2D eigenvalue weighted by molar-refractivity contribution is 7.18. The molecule has 2 fully saturated rings. The third-order valence-electron chi connectivity index (χ3n) is 7.86. The summed E-state index contributed by atoms with van der Waals surface area (Å²) in [4.78, 5) is 13.2. The molecule has 38 heavy (non-hydrogen) atoms. The summed E-state index contributed by atoms with van der Waals surface area (Å²) in [6.07, 6.45) is 7.39. The number of likely N-dealkylation sites (tertiary alicyclic amines) is 1. The molecular weight excluding hydrogens is 506 g/mol. The molecule has 4 heterocycles. The third kappa shape index (κ3) is 5.34. The lowest BCUT2D eigenvalue weighted by Gasteiger charge is -2.36. The summed E-state index contributed by atoms with van der Waals surface area (Å²) in [6, 6.07) is 5.20. The minimum atomic E-state index is -0.700. The molecule has 0 bridgehead atoms. The predicted molar refractivity (Wildman–Crippen MR) is 150 cm³/mol. The number of anilines is 2. The molecule has 204 valence electrons. The summed E-state index contributed by atoms with van der Waals surface area (Å²) < 4.78 is 41.8. The Morgan fingerprint density at radius 1 is 1.29 bits per heavy atom. The van der Waals surface area contributed by atoms with E-state index in [0.717, 1.165) is 55.6 Å². The fraction of sp³-hybridized carbons (Fsp3) is 0.517. The van der Waals surface area contributed by atoms with Gasteiger partial charge in [0.15, 0.2) is 12.1 Å². The first-order chi connectivity index (χ1) is 18.3. The number of fused-ring (bicyclic) bond motifs is 1. The van der Waals surface area contributed by atoms with Gasteiger partial charge in [-0.05, 0) is 83.7 Å². The summed E-state index contributed by atoms with van der Waals surface area (Å²) >= 11 is 1.65. The van der Waals surface area contributed by atoms with E-state index in [4.69, 9.17) is 9.47 Å². The molecule has 0 spiro atoms. The van der Waals surface area contributed by atoms with Gasteiger partial charge in [0.05, 0.1) is 12.3 Å². The van der Waals surface area contributed by atoms with Crippen LogP contribution in [0.5, 0.6) is 0 Å². The van der Waals surface area contributed by atoms with Crippen molar-refractivity contribution in [3.8, 4) is 0 Å². The molecule has 2 aliphatic heterocycles. The third-order valence-corrected chi connectivity index (χ3v) is 9.01. The number of halogens is 2. The van der Waals surface area contributed by atoms with Crippen LogP contribution < -0.4 is 5.32 Å². The van der Waals surface area contributed by atoms with Gasteiger partial charge >= 0.3 is 0 Å². The molecule has 2 saturated heterocycles. The number of aromatic nitrogens is 1. The molecule has 5 rings (SSSR count). The minimum Gasteiger partial charge on any atom is -0.353 e. The first-order valence-electron chi connectivity index (χ1n) is 13.4. The molecule has 1 aromatic carbocycles. The topological polar surface area (TPSA) is 59.0 Å². The van der Waals surface area contributed by atoms with Crippen LogP contribution in [0, 0.1) is 18.6 Å². The van der Waals surface area contributed by atoms with Gasteiger partial charge in [-0.2, -0.15) is 0 Å². The number of benzene rings is 1. The standard InChI is InChI=1S/C29H36F2N4O2S/c1-5-32-26-18(2)16-21(30)27(25(26)31)34-22-9-11-33-28-19(22)17-23(38-28)20-10-12-35(29(20,3)4)13-15-37-24-8-6-7-14-36-24/h5,9,11,16-17,20,24H,6-8,10,12-15H2,1-4H3,(H,33,34). The van der Waals surface area contributed by atoms with Gasteiger partial charge in [0.2, 0.25) is 0 Å². The number of aliphatic imine (C=N–C) groups is 1. The number of aryl methyl sites for hydroxylation is 1. The predicted octanol–water partition coefficient (Wildman–Crippen LogP) is 7.46. The fourth-order valence-corrected chi connectivity index (χ4v) is 7.02. The van der Waals surface area contributed by atoms with E-state index >= 15 is 4.39 Å². The van der Waals surface area contributed by atoms with E-state index in [-0.39, 0.29) is 23.2 Å². The maximum absolute atomic E-state index is 15.2. The molecule has 1 N–H and O–H groups in total. The molecule has 2 unspecified atom stereocenters. The molecule has 0 amide bonds. The van der Waals surface area contributed by atoms with Crippen molar-refractivity contribution in [3.05, 3.63) is 46.5 Å². The maximum atomic E-state index is 15.2. The van der Waals surface area contributed by atoms with Crippen molar-refractivity contribution in [2.24, 2.45) is 4.99 Å². The average Bonchev–Trinajstić information content (AvgIpc) is 3.45. The van der Waals surface area contributed by atoms with Crippen molar-refractivity contribution in [2.45, 2.75) is 71.1 Å². The van der Waals surface area contributed by atoms with Gasteiger partial charge in [-0.25, -0.2) is 13.8 Å². The van der Waals surface area contributed by atoms with Crippen LogP contribution >= 0.6 is 11.3 Å². The highest BCUT2D eigenvalue weighted by Gasteiger charge is 2.42. The number of pyridine rings is 1. The highest BCUT2D eigenvalue weighted by Crippen LogP contribution is 2.46. The summed E-state index contributed by atoms with van der Waals surface area (Å²) in [6.45, 7) is 11.2. The maximum Gasteiger partial charge on any atom is 0.175 e. The minimum absolute atomic E-state index is 0.0620.